The standard InChI is InChI=1S/C21H19ClN2O3S/c1-27-20-12-24(13-21(26)23-16-9-7-15(22)8-10-16)17(11-19(20)25)14-28-18-5-3-2-4-6-18/h2-12H,13-14H2,1H3,(H,23,26). The van der Waals surface area contributed by atoms with Crippen molar-refractivity contribution in [3.05, 3.63) is 87.8 Å². The van der Waals surface area contributed by atoms with E-state index in [1.54, 1.807) is 46.8 Å². The quantitative estimate of drug-likeness (QED) is 0.580. The molecule has 144 valence electrons. The number of ether oxygens (including phenoxy) is 1. The monoisotopic (exact) mass is 414 g/mol. The number of amides is 1. The predicted octanol–water partition coefficient (Wildman–Crippen LogP) is 4.44. The van der Waals surface area contributed by atoms with Gasteiger partial charge in [0.05, 0.1) is 13.3 Å². The van der Waals surface area contributed by atoms with Crippen LogP contribution in [0.3, 0.4) is 0 Å². The van der Waals surface area contributed by atoms with E-state index in [2.05, 4.69) is 5.32 Å². The average Bonchev–Trinajstić information content (AvgIpc) is 2.70. The topological polar surface area (TPSA) is 60.3 Å². The number of hydrogen-bond acceptors (Lipinski definition) is 4. The van der Waals surface area contributed by atoms with Gasteiger partial charge in [0.2, 0.25) is 11.3 Å². The number of nitrogens with zero attached hydrogens (tertiary/aromatic N) is 1. The van der Waals surface area contributed by atoms with Crippen LogP contribution in [-0.2, 0) is 17.1 Å². The number of benzene rings is 2. The van der Waals surface area contributed by atoms with Crippen molar-refractivity contribution in [2.24, 2.45) is 0 Å². The normalized spacial score (nSPS) is 10.5. The molecule has 3 aromatic rings. The van der Waals surface area contributed by atoms with E-state index < -0.39 is 0 Å². The molecule has 0 aliphatic heterocycles. The van der Waals surface area contributed by atoms with Gasteiger partial charge < -0.3 is 14.6 Å². The maximum atomic E-state index is 12.5. The lowest BCUT2D eigenvalue weighted by Gasteiger charge is -2.15. The van der Waals surface area contributed by atoms with Crippen molar-refractivity contribution in [3.8, 4) is 5.75 Å². The molecule has 0 saturated heterocycles. The Labute approximate surface area is 172 Å². The Balaban J connectivity index is 1.78. The summed E-state index contributed by atoms with van der Waals surface area (Å²) in [4.78, 5) is 25.8. The van der Waals surface area contributed by atoms with Gasteiger partial charge in [0.25, 0.3) is 0 Å². The lowest BCUT2D eigenvalue weighted by molar-refractivity contribution is -0.116. The zero-order valence-corrected chi connectivity index (χ0v) is 16.8. The number of pyridine rings is 1. The molecule has 1 amide bonds. The summed E-state index contributed by atoms with van der Waals surface area (Å²) < 4.78 is 6.87. The molecule has 28 heavy (non-hydrogen) atoms. The van der Waals surface area contributed by atoms with Crippen LogP contribution in [0.1, 0.15) is 5.69 Å². The molecule has 1 heterocycles. The van der Waals surface area contributed by atoms with Crippen molar-refractivity contribution in [1.29, 1.82) is 0 Å². The van der Waals surface area contributed by atoms with Crippen molar-refractivity contribution in [2.75, 3.05) is 12.4 Å². The number of methoxy groups -OCH3 is 1. The van der Waals surface area contributed by atoms with Crippen molar-refractivity contribution >= 4 is 35.0 Å². The molecule has 0 atom stereocenters. The van der Waals surface area contributed by atoms with Gasteiger partial charge in [-0.25, -0.2) is 0 Å². The highest BCUT2D eigenvalue weighted by atomic mass is 35.5. The molecule has 0 saturated carbocycles. The summed E-state index contributed by atoms with van der Waals surface area (Å²) in [6.07, 6.45) is 1.57. The van der Waals surface area contributed by atoms with Gasteiger partial charge in [0, 0.05) is 33.1 Å². The molecular formula is C21H19ClN2O3S. The first kappa shape index (κ1) is 20.0. The van der Waals surface area contributed by atoms with Gasteiger partial charge >= 0.3 is 0 Å². The number of hydrogen-bond donors (Lipinski definition) is 1. The summed E-state index contributed by atoms with van der Waals surface area (Å²) in [5.74, 6) is 0.545. The fraction of sp³-hybridized carbons (Fsp3) is 0.143. The van der Waals surface area contributed by atoms with Gasteiger partial charge in [-0.05, 0) is 36.4 Å². The molecule has 0 aliphatic rings. The summed E-state index contributed by atoms with van der Waals surface area (Å²) in [5, 5.41) is 3.43. The summed E-state index contributed by atoms with van der Waals surface area (Å²) in [6.45, 7) is 0.0595. The minimum Gasteiger partial charge on any atom is -0.491 e. The molecule has 1 N–H and O–H groups in total. The molecule has 1 aromatic heterocycles. The van der Waals surface area contributed by atoms with Crippen LogP contribution in [0.2, 0.25) is 5.02 Å². The zero-order chi connectivity index (χ0) is 19.9. The SMILES string of the molecule is COc1cn(CC(=O)Nc2ccc(Cl)cc2)c(CSc2ccccc2)cc1=O. The molecule has 0 fully saturated rings. The van der Waals surface area contributed by atoms with Gasteiger partial charge in [-0.15, -0.1) is 11.8 Å². The van der Waals surface area contributed by atoms with Crippen LogP contribution < -0.4 is 15.5 Å². The molecule has 5 nitrogen and oxygen atoms in total. The van der Waals surface area contributed by atoms with Crippen LogP contribution in [0, 0.1) is 0 Å². The predicted molar refractivity (Wildman–Crippen MR) is 113 cm³/mol. The first-order valence-corrected chi connectivity index (χ1v) is 9.92. The summed E-state index contributed by atoms with van der Waals surface area (Å²) in [7, 11) is 1.44. The number of thioether (sulfide) groups is 1. The maximum absolute atomic E-state index is 12.5. The van der Waals surface area contributed by atoms with Crippen molar-refractivity contribution < 1.29 is 9.53 Å². The Morgan fingerprint density at radius 3 is 2.54 bits per heavy atom. The second-order valence-corrected chi connectivity index (χ2v) is 7.47. The number of carbonyl (C=O) groups excluding carboxylic acids is 1. The van der Waals surface area contributed by atoms with E-state index in [1.165, 1.54) is 13.2 Å². The van der Waals surface area contributed by atoms with E-state index in [0.29, 0.717) is 16.5 Å². The van der Waals surface area contributed by atoms with Crippen LogP contribution in [0.5, 0.6) is 5.75 Å². The summed E-state index contributed by atoms with van der Waals surface area (Å²) in [5.41, 5.74) is 1.19. The molecule has 2 aromatic carbocycles. The minimum absolute atomic E-state index is 0.0595. The van der Waals surface area contributed by atoms with Gasteiger partial charge in [-0.3, -0.25) is 9.59 Å². The second-order valence-electron chi connectivity index (χ2n) is 5.98. The Bertz CT molecular complexity index is 1000. The number of halogens is 1. The van der Waals surface area contributed by atoms with E-state index in [4.69, 9.17) is 16.3 Å². The number of carbonyl (C=O) groups is 1. The highest BCUT2D eigenvalue weighted by Gasteiger charge is 2.11. The van der Waals surface area contributed by atoms with Crippen molar-refractivity contribution in [3.63, 3.8) is 0 Å². The summed E-state index contributed by atoms with van der Waals surface area (Å²) >= 11 is 7.47. The molecule has 7 heteroatoms. The second kappa shape index (κ2) is 9.48. The largest absolute Gasteiger partial charge is 0.491 e. The van der Waals surface area contributed by atoms with Gasteiger partial charge in [-0.1, -0.05) is 29.8 Å². The van der Waals surface area contributed by atoms with Gasteiger partial charge in [0.15, 0.2) is 5.75 Å². The molecule has 0 aliphatic carbocycles. The molecule has 0 radical (unpaired) electrons. The molecule has 3 rings (SSSR count). The Morgan fingerprint density at radius 2 is 1.86 bits per heavy atom. The van der Waals surface area contributed by atoms with E-state index in [9.17, 15) is 9.59 Å². The molecule has 0 spiro atoms. The van der Waals surface area contributed by atoms with Crippen LogP contribution in [0.4, 0.5) is 5.69 Å². The fourth-order valence-electron chi connectivity index (χ4n) is 2.58. The van der Waals surface area contributed by atoms with Crippen molar-refractivity contribution in [1.82, 2.24) is 4.57 Å². The van der Waals surface area contributed by atoms with Crippen LogP contribution in [0.25, 0.3) is 0 Å². The van der Waals surface area contributed by atoms with Crippen molar-refractivity contribution in [2.45, 2.75) is 17.2 Å². The third kappa shape index (κ3) is 5.41. The van der Waals surface area contributed by atoms with E-state index >= 15 is 0 Å². The number of anilines is 1. The van der Waals surface area contributed by atoms with Gasteiger partial charge in [-0.2, -0.15) is 0 Å². The summed E-state index contributed by atoms with van der Waals surface area (Å²) in [6, 6.07) is 18.3. The molecule has 0 unspecified atom stereocenters. The Hall–Kier alpha value is -2.70. The number of aromatic nitrogens is 1. The maximum Gasteiger partial charge on any atom is 0.244 e. The first-order valence-electron chi connectivity index (χ1n) is 8.56. The fourth-order valence-corrected chi connectivity index (χ4v) is 3.62. The third-order valence-electron chi connectivity index (χ3n) is 3.97. The average molecular weight is 415 g/mol. The Kier molecular flexibility index (Phi) is 6.79. The lowest BCUT2D eigenvalue weighted by Crippen LogP contribution is -2.22. The number of rotatable bonds is 7. The molecule has 0 bridgehead atoms. The van der Waals surface area contributed by atoms with E-state index in [0.717, 1.165) is 10.6 Å². The molecular weight excluding hydrogens is 396 g/mol. The smallest absolute Gasteiger partial charge is 0.244 e. The lowest BCUT2D eigenvalue weighted by atomic mass is 10.3. The first-order chi connectivity index (χ1) is 13.5. The van der Waals surface area contributed by atoms with Crippen LogP contribution >= 0.6 is 23.4 Å². The van der Waals surface area contributed by atoms with E-state index in [-0.39, 0.29) is 23.6 Å². The van der Waals surface area contributed by atoms with Crippen LogP contribution in [-0.4, -0.2) is 17.6 Å². The van der Waals surface area contributed by atoms with E-state index in [1.807, 2.05) is 30.3 Å². The zero-order valence-electron chi connectivity index (χ0n) is 15.2. The highest BCUT2D eigenvalue weighted by Crippen LogP contribution is 2.22. The minimum atomic E-state index is -0.209. The van der Waals surface area contributed by atoms with Gasteiger partial charge in [0.1, 0.15) is 6.54 Å². The number of nitrogens with one attached hydrogen (secondary N) is 1. The van der Waals surface area contributed by atoms with Crippen LogP contribution in [0.15, 0.2) is 76.6 Å². The highest BCUT2D eigenvalue weighted by molar-refractivity contribution is 7.98. The Morgan fingerprint density at radius 1 is 1.14 bits per heavy atom. The third-order valence-corrected chi connectivity index (χ3v) is 5.27.